The summed E-state index contributed by atoms with van der Waals surface area (Å²) in [6, 6.07) is 7.78. The van der Waals surface area contributed by atoms with Crippen LogP contribution in [0, 0.1) is 11.6 Å². The van der Waals surface area contributed by atoms with Crippen molar-refractivity contribution in [1.82, 2.24) is 5.43 Å². The van der Waals surface area contributed by atoms with E-state index in [9.17, 15) is 13.6 Å². The zero-order chi connectivity index (χ0) is 17.7. The maximum Gasteiger partial charge on any atom is 0.271 e. The van der Waals surface area contributed by atoms with Crippen LogP contribution in [0.2, 0.25) is 0 Å². The van der Waals surface area contributed by atoms with Crippen molar-refractivity contribution in [1.29, 1.82) is 0 Å². The van der Waals surface area contributed by atoms with Crippen molar-refractivity contribution in [2.45, 2.75) is 6.92 Å². The number of halogens is 2. The summed E-state index contributed by atoms with van der Waals surface area (Å²) in [4.78, 5) is 12.2. The van der Waals surface area contributed by atoms with E-state index in [1.807, 2.05) is 0 Å². The van der Waals surface area contributed by atoms with Gasteiger partial charge in [-0.25, -0.2) is 14.2 Å². The third-order valence-corrected chi connectivity index (χ3v) is 3.26. The Morgan fingerprint density at radius 1 is 1.04 bits per heavy atom. The second kappa shape index (κ2) is 7.54. The zero-order valence-corrected chi connectivity index (χ0v) is 13.4. The van der Waals surface area contributed by atoms with Crippen LogP contribution in [-0.2, 0) is 0 Å². The largest absolute Gasteiger partial charge is 0.497 e. The minimum Gasteiger partial charge on any atom is -0.497 e. The predicted molar refractivity (Wildman–Crippen MR) is 85.6 cm³/mol. The van der Waals surface area contributed by atoms with Gasteiger partial charge < -0.3 is 9.47 Å². The molecular weight excluding hydrogens is 318 g/mol. The SMILES string of the molecule is COc1cc(OC)cc(C(=O)N/N=C(\C)c2ccc(F)cc2F)c1. The third kappa shape index (κ3) is 4.07. The maximum absolute atomic E-state index is 13.7. The topological polar surface area (TPSA) is 59.9 Å². The molecule has 5 nitrogen and oxygen atoms in total. The molecule has 24 heavy (non-hydrogen) atoms. The molecule has 0 unspecified atom stereocenters. The Morgan fingerprint density at radius 3 is 2.21 bits per heavy atom. The summed E-state index contributed by atoms with van der Waals surface area (Å²) in [5.41, 5.74) is 2.89. The van der Waals surface area contributed by atoms with Crippen molar-refractivity contribution in [3.05, 3.63) is 59.2 Å². The number of hydrazone groups is 1. The number of hydrogen-bond acceptors (Lipinski definition) is 4. The van der Waals surface area contributed by atoms with Crippen molar-refractivity contribution in [2.75, 3.05) is 14.2 Å². The molecule has 0 aliphatic rings. The number of rotatable bonds is 5. The molecule has 0 aliphatic carbocycles. The lowest BCUT2D eigenvalue weighted by Crippen LogP contribution is -2.19. The van der Waals surface area contributed by atoms with Crippen LogP contribution in [0.3, 0.4) is 0 Å². The molecule has 0 radical (unpaired) electrons. The monoisotopic (exact) mass is 334 g/mol. The second-order valence-electron chi connectivity index (χ2n) is 4.86. The summed E-state index contributed by atoms with van der Waals surface area (Å²) < 4.78 is 36.8. The van der Waals surface area contributed by atoms with Crippen LogP contribution < -0.4 is 14.9 Å². The van der Waals surface area contributed by atoms with Gasteiger partial charge >= 0.3 is 0 Å². The molecule has 0 aromatic heterocycles. The summed E-state index contributed by atoms with van der Waals surface area (Å²) in [5.74, 6) is -1.06. The molecular formula is C17H16F2N2O3. The average molecular weight is 334 g/mol. The molecule has 7 heteroatoms. The van der Waals surface area contributed by atoms with Crippen LogP contribution in [0.25, 0.3) is 0 Å². The molecule has 1 N–H and O–H groups in total. The number of nitrogens with zero attached hydrogens (tertiary/aromatic N) is 1. The molecule has 2 rings (SSSR count). The first-order valence-electron chi connectivity index (χ1n) is 6.97. The summed E-state index contributed by atoms with van der Waals surface area (Å²) in [5, 5.41) is 3.85. The molecule has 0 spiro atoms. The lowest BCUT2D eigenvalue weighted by Gasteiger charge is -2.08. The summed E-state index contributed by atoms with van der Waals surface area (Å²) in [7, 11) is 2.94. The van der Waals surface area contributed by atoms with E-state index in [-0.39, 0.29) is 16.8 Å². The number of benzene rings is 2. The molecule has 126 valence electrons. The highest BCUT2D eigenvalue weighted by molar-refractivity contribution is 6.01. The van der Waals surface area contributed by atoms with E-state index in [1.54, 1.807) is 6.07 Å². The van der Waals surface area contributed by atoms with Crippen LogP contribution in [-0.4, -0.2) is 25.8 Å². The standard InChI is InChI=1S/C17H16F2N2O3/c1-10(15-5-4-12(18)8-16(15)19)20-21-17(22)11-6-13(23-2)9-14(7-11)24-3/h4-9H,1-3H3,(H,21,22)/b20-10+. The predicted octanol–water partition coefficient (Wildman–Crippen LogP) is 3.14. The van der Waals surface area contributed by atoms with E-state index >= 15 is 0 Å². The quantitative estimate of drug-likeness (QED) is 0.675. The van der Waals surface area contributed by atoms with Crippen molar-refractivity contribution in [3.8, 4) is 11.5 Å². The van der Waals surface area contributed by atoms with E-state index in [0.717, 1.165) is 12.1 Å². The fraction of sp³-hybridized carbons (Fsp3) is 0.176. The van der Waals surface area contributed by atoms with Crippen LogP contribution in [0.1, 0.15) is 22.8 Å². The Bertz CT molecular complexity index is 769. The Balaban J connectivity index is 2.20. The van der Waals surface area contributed by atoms with Crippen LogP contribution in [0.4, 0.5) is 8.78 Å². The molecule has 1 amide bonds. The molecule has 0 saturated heterocycles. The van der Waals surface area contributed by atoms with Gasteiger partial charge in [-0.15, -0.1) is 0 Å². The first kappa shape index (κ1) is 17.4. The smallest absolute Gasteiger partial charge is 0.271 e. The molecule has 0 atom stereocenters. The minimum atomic E-state index is -0.756. The Morgan fingerprint density at radius 2 is 1.67 bits per heavy atom. The minimum absolute atomic E-state index is 0.0972. The highest BCUT2D eigenvalue weighted by Gasteiger charge is 2.11. The number of amides is 1. The van der Waals surface area contributed by atoms with Gasteiger partial charge in [0.25, 0.3) is 5.91 Å². The molecule has 0 bridgehead atoms. The van der Waals surface area contributed by atoms with Gasteiger partial charge in [0, 0.05) is 23.3 Å². The highest BCUT2D eigenvalue weighted by atomic mass is 19.1. The van der Waals surface area contributed by atoms with Gasteiger partial charge in [-0.1, -0.05) is 0 Å². The van der Waals surface area contributed by atoms with Crippen molar-refractivity contribution < 1.29 is 23.0 Å². The normalized spacial score (nSPS) is 11.1. The van der Waals surface area contributed by atoms with Crippen LogP contribution >= 0.6 is 0 Å². The van der Waals surface area contributed by atoms with Crippen LogP contribution in [0.15, 0.2) is 41.5 Å². The summed E-state index contributed by atoms with van der Waals surface area (Å²) in [6.07, 6.45) is 0. The molecule has 2 aromatic carbocycles. The Hall–Kier alpha value is -2.96. The number of carbonyl (C=O) groups excluding carboxylic acids is 1. The molecule has 0 heterocycles. The number of nitrogens with one attached hydrogen (secondary N) is 1. The van der Waals surface area contributed by atoms with E-state index in [4.69, 9.17) is 9.47 Å². The van der Waals surface area contributed by atoms with Gasteiger partial charge in [0.05, 0.1) is 19.9 Å². The van der Waals surface area contributed by atoms with Gasteiger partial charge in [0.15, 0.2) is 0 Å². The van der Waals surface area contributed by atoms with Gasteiger partial charge in [-0.3, -0.25) is 4.79 Å². The molecule has 0 fully saturated rings. The average Bonchev–Trinajstić information content (AvgIpc) is 2.58. The fourth-order valence-electron chi connectivity index (χ4n) is 1.98. The number of ether oxygens (including phenoxy) is 2. The number of hydrogen-bond donors (Lipinski definition) is 1. The lowest BCUT2D eigenvalue weighted by molar-refractivity contribution is 0.0954. The summed E-state index contributed by atoms with van der Waals surface area (Å²) >= 11 is 0. The van der Waals surface area contributed by atoms with Gasteiger partial charge in [-0.05, 0) is 31.2 Å². The first-order chi connectivity index (χ1) is 11.4. The Labute approximate surface area is 137 Å². The summed E-state index contributed by atoms with van der Waals surface area (Å²) in [6.45, 7) is 1.50. The van der Waals surface area contributed by atoms with Gasteiger partial charge in [0.1, 0.15) is 23.1 Å². The van der Waals surface area contributed by atoms with E-state index in [2.05, 4.69) is 10.5 Å². The Kier molecular flexibility index (Phi) is 5.47. The lowest BCUT2D eigenvalue weighted by atomic mass is 10.1. The highest BCUT2D eigenvalue weighted by Crippen LogP contribution is 2.22. The van der Waals surface area contributed by atoms with Crippen molar-refractivity contribution in [3.63, 3.8) is 0 Å². The van der Waals surface area contributed by atoms with Crippen LogP contribution in [0.5, 0.6) is 11.5 Å². The van der Waals surface area contributed by atoms with E-state index < -0.39 is 17.5 Å². The van der Waals surface area contributed by atoms with Crippen molar-refractivity contribution >= 4 is 11.6 Å². The van der Waals surface area contributed by atoms with E-state index in [0.29, 0.717) is 11.5 Å². The van der Waals surface area contributed by atoms with E-state index in [1.165, 1.54) is 39.3 Å². The molecule has 2 aromatic rings. The molecule has 0 aliphatic heterocycles. The van der Waals surface area contributed by atoms with Gasteiger partial charge in [-0.2, -0.15) is 5.10 Å². The third-order valence-electron chi connectivity index (χ3n) is 3.26. The molecule has 0 saturated carbocycles. The second-order valence-corrected chi connectivity index (χ2v) is 4.86. The number of carbonyl (C=O) groups is 1. The fourth-order valence-corrected chi connectivity index (χ4v) is 1.98. The zero-order valence-electron chi connectivity index (χ0n) is 13.4. The van der Waals surface area contributed by atoms with Gasteiger partial charge in [0.2, 0.25) is 0 Å². The first-order valence-corrected chi connectivity index (χ1v) is 6.97. The maximum atomic E-state index is 13.7. The van der Waals surface area contributed by atoms with Crippen molar-refractivity contribution in [2.24, 2.45) is 5.10 Å². The number of methoxy groups -OCH3 is 2.